The molecule has 1 heterocycles. The Morgan fingerprint density at radius 1 is 0.919 bits per heavy atom. The second kappa shape index (κ2) is 15.8. The van der Waals surface area contributed by atoms with E-state index in [9.17, 15) is 4.79 Å². The van der Waals surface area contributed by atoms with E-state index in [1.54, 1.807) is 0 Å². The van der Waals surface area contributed by atoms with Crippen LogP contribution < -0.4 is 9.47 Å². The molecule has 0 aliphatic carbocycles. The van der Waals surface area contributed by atoms with Gasteiger partial charge in [-0.05, 0) is 93.4 Å². The fraction of sp³-hybridized carbons (Fsp3) is 0.794. The molecular weight excluding hydrogens is 456 g/mol. The van der Waals surface area contributed by atoms with Crippen LogP contribution in [0.3, 0.4) is 0 Å². The first-order valence-corrected chi connectivity index (χ1v) is 15.6. The molecule has 0 saturated heterocycles. The zero-order chi connectivity index (χ0) is 27.4. The van der Waals surface area contributed by atoms with E-state index < -0.39 is 0 Å². The molecule has 0 amide bonds. The van der Waals surface area contributed by atoms with Crippen molar-refractivity contribution in [1.29, 1.82) is 0 Å². The number of carbonyl (C=O) groups excluding carboxylic acids is 1. The predicted octanol–water partition coefficient (Wildman–Crippen LogP) is 10.3. The zero-order valence-corrected chi connectivity index (χ0v) is 25.6. The number of carbonyl (C=O) groups is 1. The van der Waals surface area contributed by atoms with Crippen LogP contribution in [-0.2, 0) is 11.2 Å². The Balaban J connectivity index is 1.79. The van der Waals surface area contributed by atoms with Crippen LogP contribution in [0.4, 0.5) is 0 Å². The van der Waals surface area contributed by atoms with E-state index in [1.165, 1.54) is 56.9 Å². The maximum atomic E-state index is 12.3. The molecule has 3 unspecified atom stereocenters. The lowest BCUT2D eigenvalue weighted by Gasteiger charge is -2.37. The van der Waals surface area contributed by atoms with Crippen LogP contribution in [0.25, 0.3) is 0 Å². The molecule has 0 fully saturated rings. The van der Waals surface area contributed by atoms with Crippen LogP contribution in [0.1, 0.15) is 148 Å². The van der Waals surface area contributed by atoms with Crippen LogP contribution in [0, 0.1) is 31.6 Å². The third kappa shape index (κ3) is 11.0. The smallest absolute Gasteiger partial charge is 0.311 e. The van der Waals surface area contributed by atoms with Gasteiger partial charge < -0.3 is 9.47 Å². The zero-order valence-electron chi connectivity index (χ0n) is 25.6. The van der Waals surface area contributed by atoms with Crippen molar-refractivity contribution in [2.45, 2.75) is 157 Å². The highest BCUT2D eigenvalue weighted by atomic mass is 16.5. The average molecular weight is 515 g/mol. The first-order chi connectivity index (χ1) is 17.5. The number of esters is 1. The summed E-state index contributed by atoms with van der Waals surface area (Å²) in [5, 5.41) is 0. The number of hydrogen-bond donors (Lipinski definition) is 0. The maximum Gasteiger partial charge on any atom is 0.311 e. The molecule has 37 heavy (non-hydrogen) atoms. The van der Waals surface area contributed by atoms with Gasteiger partial charge in [0.15, 0.2) is 0 Å². The van der Waals surface area contributed by atoms with Gasteiger partial charge in [0.2, 0.25) is 0 Å². The minimum atomic E-state index is -0.118. The number of ether oxygens (including phenoxy) is 2. The Morgan fingerprint density at radius 3 is 2.16 bits per heavy atom. The Labute approximate surface area is 229 Å². The topological polar surface area (TPSA) is 35.5 Å². The largest absolute Gasteiger partial charge is 0.487 e. The normalized spacial score (nSPS) is 18.8. The second-order valence-electron chi connectivity index (χ2n) is 13.0. The third-order valence-corrected chi connectivity index (χ3v) is 8.62. The molecule has 0 aromatic heterocycles. The molecule has 3 nitrogen and oxygen atoms in total. The van der Waals surface area contributed by atoms with Gasteiger partial charge in [0.25, 0.3) is 0 Å². The van der Waals surface area contributed by atoms with Gasteiger partial charge >= 0.3 is 5.97 Å². The lowest BCUT2D eigenvalue weighted by atomic mass is 9.85. The van der Waals surface area contributed by atoms with Crippen LogP contribution in [0.5, 0.6) is 11.5 Å². The van der Waals surface area contributed by atoms with E-state index in [2.05, 4.69) is 54.5 Å². The van der Waals surface area contributed by atoms with Gasteiger partial charge in [0, 0.05) is 6.42 Å². The van der Waals surface area contributed by atoms with Gasteiger partial charge in [-0.25, -0.2) is 0 Å². The fourth-order valence-corrected chi connectivity index (χ4v) is 5.73. The van der Waals surface area contributed by atoms with Gasteiger partial charge in [0.05, 0.1) is 0 Å². The third-order valence-electron chi connectivity index (χ3n) is 8.62. The standard InChI is InChI=1S/C34H58O3/c1-9-10-11-20-32(35)36-31-24-30-21-23-34(8,37-33(30)29(7)28(31)6)22-14-19-27(5)18-13-17-26(4)16-12-15-25(2)3/h24-27H,9-23H2,1-8H3. The number of unbranched alkanes of at least 4 members (excludes halogenated alkanes) is 2. The van der Waals surface area contributed by atoms with Crippen molar-refractivity contribution >= 4 is 5.97 Å². The maximum absolute atomic E-state index is 12.3. The summed E-state index contributed by atoms with van der Waals surface area (Å²) in [6.07, 6.45) is 17.5. The quantitative estimate of drug-likeness (QED) is 0.118. The summed E-state index contributed by atoms with van der Waals surface area (Å²) in [5.74, 6) is 4.13. The Kier molecular flexibility index (Phi) is 13.5. The average Bonchev–Trinajstić information content (AvgIpc) is 2.83. The first kappa shape index (κ1) is 31.7. The summed E-state index contributed by atoms with van der Waals surface area (Å²) in [6, 6.07) is 2.06. The van der Waals surface area contributed by atoms with Crippen LogP contribution >= 0.6 is 0 Å². The number of rotatable bonds is 17. The molecule has 0 N–H and O–H groups in total. The van der Waals surface area contributed by atoms with Gasteiger partial charge in [-0.1, -0.05) is 92.4 Å². The predicted molar refractivity (Wildman–Crippen MR) is 158 cm³/mol. The van der Waals surface area contributed by atoms with Gasteiger partial charge in [-0.2, -0.15) is 0 Å². The summed E-state index contributed by atoms with van der Waals surface area (Å²) in [4.78, 5) is 12.3. The van der Waals surface area contributed by atoms with Gasteiger partial charge in [-0.3, -0.25) is 4.79 Å². The lowest BCUT2D eigenvalue weighted by molar-refractivity contribution is -0.134. The van der Waals surface area contributed by atoms with Crippen molar-refractivity contribution in [3.63, 3.8) is 0 Å². The summed E-state index contributed by atoms with van der Waals surface area (Å²) in [5.41, 5.74) is 3.23. The SMILES string of the molecule is CCCCCC(=O)Oc1cc2c(c(C)c1C)OC(C)(CCCC(C)CCCC(C)CCCC(C)C)CC2. The Bertz CT molecular complexity index is 827. The molecule has 1 aliphatic rings. The number of aryl methyl sites for hydroxylation is 1. The second-order valence-corrected chi connectivity index (χ2v) is 13.0. The Morgan fingerprint density at radius 2 is 1.54 bits per heavy atom. The highest BCUT2D eigenvalue weighted by molar-refractivity contribution is 5.73. The molecular formula is C34H58O3. The fourth-order valence-electron chi connectivity index (χ4n) is 5.73. The van der Waals surface area contributed by atoms with E-state index in [1.807, 2.05) is 6.92 Å². The molecule has 212 valence electrons. The van der Waals surface area contributed by atoms with Crippen molar-refractivity contribution in [1.82, 2.24) is 0 Å². The van der Waals surface area contributed by atoms with Crippen molar-refractivity contribution in [3.8, 4) is 11.5 Å². The van der Waals surface area contributed by atoms with Gasteiger partial charge in [-0.15, -0.1) is 0 Å². The van der Waals surface area contributed by atoms with E-state index in [0.717, 1.165) is 73.2 Å². The molecule has 1 aromatic carbocycles. The summed E-state index contributed by atoms with van der Waals surface area (Å²) in [7, 11) is 0. The minimum Gasteiger partial charge on any atom is -0.487 e. The molecule has 3 heteroatoms. The van der Waals surface area contributed by atoms with Crippen LogP contribution in [-0.4, -0.2) is 11.6 Å². The molecule has 3 atom stereocenters. The number of benzene rings is 1. The van der Waals surface area contributed by atoms with E-state index in [4.69, 9.17) is 9.47 Å². The number of hydrogen-bond acceptors (Lipinski definition) is 3. The molecule has 0 saturated carbocycles. The summed E-state index contributed by atoms with van der Waals surface area (Å²) >= 11 is 0. The molecule has 0 radical (unpaired) electrons. The number of fused-ring (bicyclic) bond motifs is 1. The molecule has 0 spiro atoms. The monoisotopic (exact) mass is 514 g/mol. The van der Waals surface area contributed by atoms with E-state index >= 15 is 0 Å². The van der Waals surface area contributed by atoms with E-state index in [0.29, 0.717) is 12.2 Å². The van der Waals surface area contributed by atoms with Crippen molar-refractivity contribution in [3.05, 3.63) is 22.8 Å². The lowest BCUT2D eigenvalue weighted by Crippen LogP contribution is -2.36. The molecule has 0 bridgehead atoms. The molecule has 2 rings (SSSR count). The van der Waals surface area contributed by atoms with Crippen LogP contribution in [0.2, 0.25) is 0 Å². The molecule has 1 aliphatic heterocycles. The van der Waals surface area contributed by atoms with Gasteiger partial charge in [0.1, 0.15) is 17.1 Å². The van der Waals surface area contributed by atoms with Crippen molar-refractivity contribution in [2.24, 2.45) is 17.8 Å². The van der Waals surface area contributed by atoms with Crippen LogP contribution in [0.15, 0.2) is 6.07 Å². The first-order valence-electron chi connectivity index (χ1n) is 15.6. The summed E-state index contributed by atoms with van der Waals surface area (Å²) < 4.78 is 12.4. The minimum absolute atomic E-state index is 0.104. The Hall–Kier alpha value is -1.51. The van der Waals surface area contributed by atoms with Crippen molar-refractivity contribution in [2.75, 3.05) is 0 Å². The summed E-state index contributed by atoms with van der Waals surface area (Å²) in [6.45, 7) is 18.1. The molecule has 1 aromatic rings. The van der Waals surface area contributed by atoms with E-state index in [-0.39, 0.29) is 11.6 Å². The highest BCUT2D eigenvalue weighted by Crippen LogP contribution is 2.42. The highest BCUT2D eigenvalue weighted by Gasteiger charge is 2.33. The van der Waals surface area contributed by atoms with Crippen molar-refractivity contribution < 1.29 is 14.3 Å².